The summed E-state index contributed by atoms with van der Waals surface area (Å²) in [7, 11) is 1.56. The molecule has 7 heteroatoms. The first-order chi connectivity index (χ1) is 13.6. The minimum Gasteiger partial charge on any atom is -0.492 e. The van der Waals surface area contributed by atoms with Gasteiger partial charge in [-0.15, -0.1) is 0 Å². The lowest BCUT2D eigenvalue weighted by molar-refractivity contribution is -0.122. The van der Waals surface area contributed by atoms with Gasteiger partial charge in [-0.05, 0) is 43.3 Å². The van der Waals surface area contributed by atoms with Gasteiger partial charge in [0.15, 0.2) is 6.61 Å². The first-order valence-electron chi connectivity index (χ1n) is 9.22. The van der Waals surface area contributed by atoms with Crippen molar-refractivity contribution in [3.8, 4) is 17.2 Å². The van der Waals surface area contributed by atoms with Crippen molar-refractivity contribution in [2.24, 2.45) is 0 Å². The number of amides is 1. The van der Waals surface area contributed by atoms with Crippen LogP contribution in [0.5, 0.6) is 17.2 Å². The monoisotopic (exact) mass is 388 g/mol. The second kappa shape index (κ2) is 11.8. The van der Waals surface area contributed by atoms with Gasteiger partial charge in [-0.3, -0.25) is 4.79 Å². The van der Waals surface area contributed by atoms with E-state index in [1.54, 1.807) is 31.3 Å². The number of aliphatic hydroxyl groups excluding tert-OH is 1. The average Bonchev–Trinajstić information content (AvgIpc) is 2.74. The van der Waals surface area contributed by atoms with E-state index in [-0.39, 0.29) is 25.2 Å². The number of carbonyl (C=O) groups is 1. The van der Waals surface area contributed by atoms with Crippen molar-refractivity contribution in [3.63, 3.8) is 0 Å². The Morgan fingerprint density at radius 2 is 1.50 bits per heavy atom. The van der Waals surface area contributed by atoms with Crippen LogP contribution >= 0.6 is 0 Å². The quantitative estimate of drug-likeness (QED) is 0.512. The summed E-state index contributed by atoms with van der Waals surface area (Å²) >= 11 is 0. The third-order valence-corrected chi connectivity index (χ3v) is 3.86. The Kier molecular flexibility index (Phi) is 9.10. The van der Waals surface area contributed by atoms with Crippen LogP contribution in [0.4, 0.5) is 0 Å². The number of carbonyl (C=O) groups excluding carboxylic acids is 1. The van der Waals surface area contributed by atoms with Gasteiger partial charge < -0.3 is 30.0 Å². The molecule has 1 amide bonds. The number of hydrogen-bond donors (Lipinski definition) is 3. The van der Waals surface area contributed by atoms with E-state index < -0.39 is 6.10 Å². The molecule has 0 aromatic heterocycles. The molecule has 0 aliphatic heterocycles. The van der Waals surface area contributed by atoms with Crippen molar-refractivity contribution in [2.45, 2.75) is 19.1 Å². The summed E-state index contributed by atoms with van der Waals surface area (Å²) in [6.07, 6.45) is -0.612. The summed E-state index contributed by atoms with van der Waals surface area (Å²) in [5.41, 5.74) is 0. The van der Waals surface area contributed by atoms with Crippen LogP contribution in [0.3, 0.4) is 0 Å². The van der Waals surface area contributed by atoms with E-state index in [2.05, 4.69) is 10.6 Å². The highest BCUT2D eigenvalue weighted by molar-refractivity contribution is 5.77. The maximum Gasteiger partial charge on any atom is 0.257 e. The van der Waals surface area contributed by atoms with Crippen molar-refractivity contribution in [3.05, 3.63) is 54.6 Å². The zero-order chi connectivity index (χ0) is 20.2. The second-order valence-corrected chi connectivity index (χ2v) is 6.33. The van der Waals surface area contributed by atoms with Crippen LogP contribution in [0.25, 0.3) is 0 Å². The molecule has 0 aliphatic rings. The Hall–Kier alpha value is -2.77. The molecule has 0 saturated carbocycles. The Labute approximate surface area is 165 Å². The third kappa shape index (κ3) is 8.28. The largest absolute Gasteiger partial charge is 0.492 e. The van der Waals surface area contributed by atoms with Crippen molar-refractivity contribution < 1.29 is 24.1 Å². The van der Waals surface area contributed by atoms with Gasteiger partial charge in [0, 0.05) is 19.6 Å². The summed E-state index contributed by atoms with van der Waals surface area (Å²) in [4.78, 5) is 11.2. The Bertz CT molecular complexity index is 694. The number of para-hydroxylation sites is 1. The van der Waals surface area contributed by atoms with E-state index >= 15 is 0 Å². The highest BCUT2D eigenvalue weighted by atomic mass is 16.5. The maximum absolute atomic E-state index is 11.2. The van der Waals surface area contributed by atoms with Gasteiger partial charge in [-0.1, -0.05) is 18.2 Å². The SMILES string of the molecule is CNC(=O)COc1ccc(OCC(C)NCC(O)COc2ccccc2)cc1. The molecule has 28 heavy (non-hydrogen) atoms. The van der Waals surface area contributed by atoms with E-state index in [0.29, 0.717) is 24.7 Å². The van der Waals surface area contributed by atoms with Crippen LogP contribution in [-0.4, -0.2) is 56.6 Å². The number of aliphatic hydroxyl groups is 1. The molecule has 2 unspecified atom stereocenters. The maximum atomic E-state index is 11.2. The molecular formula is C21H28N2O5. The second-order valence-electron chi connectivity index (χ2n) is 6.33. The molecule has 3 N–H and O–H groups in total. The molecule has 0 heterocycles. The summed E-state index contributed by atoms with van der Waals surface area (Å²) < 4.78 is 16.6. The summed E-state index contributed by atoms with van der Waals surface area (Å²) in [6.45, 7) is 3.04. The summed E-state index contributed by atoms with van der Waals surface area (Å²) in [5.74, 6) is 1.86. The highest BCUT2D eigenvalue weighted by Gasteiger charge is 2.09. The zero-order valence-corrected chi connectivity index (χ0v) is 16.3. The van der Waals surface area contributed by atoms with Gasteiger partial charge in [-0.2, -0.15) is 0 Å². The van der Waals surface area contributed by atoms with Gasteiger partial charge >= 0.3 is 0 Å². The van der Waals surface area contributed by atoms with Crippen molar-refractivity contribution >= 4 is 5.91 Å². The van der Waals surface area contributed by atoms with Crippen molar-refractivity contribution in [1.82, 2.24) is 10.6 Å². The van der Waals surface area contributed by atoms with Gasteiger partial charge in [0.1, 0.15) is 36.6 Å². The van der Waals surface area contributed by atoms with Gasteiger partial charge in [0.25, 0.3) is 5.91 Å². The summed E-state index contributed by atoms with van der Waals surface area (Å²) in [5, 5.41) is 15.7. The number of benzene rings is 2. The van der Waals surface area contributed by atoms with Crippen LogP contribution in [0.2, 0.25) is 0 Å². The molecule has 0 radical (unpaired) electrons. The lowest BCUT2D eigenvalue weighted by Crippen LogP contribution is -2.39. The van der Waals surface area contributed by atoms with E-state index in [1.807, 2.05) is 37.3 Å². The normalized spacial score (nSPS) is 12.7. The molecular weight excluding hydrogens is 360 g/mol. The molecule has 0 saturated heterocycles. The van der Waals surface area contributed by atoms with Gasteiger partial charge in [0.2, 0.25) is 0 Å². The number of nitrogens with one attached hydrogen (secondary N) is 2. The highest BCUT2D eigenvalue weighted by Crippen LogP contribution is 2.17. The lowest BCUT2D eigenvalue weighted by Gasteiger charge is -2.18. The molecule has 7 nitrogen and oxygen atoms in total. The molecule has 2 atom stereocenters. The fourth-order valence-corrected chi connectivity index (χ4v) is 2.24. The number of rotatable bonds is 12. The number of ether oxygens (including phenoxy) is 3. The fraction of sp³-hybridized carbons (Fsp3) is 0.381. The average molecular weight is 388 g/mol. The van der Waals surface area contributed by atoms with Crippen molar-refractivity contribution in [2.75, 3.05) is 33.4 Å². The third-order valence-electron chi connectivity index (χ3n) is 3.86. The van der Waals surface area contributed by atoms with Crippen LogP contribution in [-0.2, 0) is 4.79 Å². The van der Waals surface area contributed by atoms with Crippen LogP contribution in [0.15, 0.2) is 54.6 Å². The molecule has 2 aromatic rings. The van der Waals surface area contributed by atoms with E-state index in [4.69, 9.17) is 14.2 Å². The predicted octanol–water partition coefficient (Wildman–Crippen LogP) is 1.61. The fourth-order valence-electron chi connectivity index (χ4n) is 2.24. The summed E-state index contributed by atoms with van der Waals surface area (Å²) in [6, 6.07) is 16.5. The minimum atomic E-state index is -0.612. The number of likely N-dealkylation sites (N-methyl/N-ethyl adjacent to an activating group) is 1. The van der Waals surface area contributed by atoms with Crippen LogP contribution in [0, 0.1) is 0 Å². The molecule has 0 bridgehead atoms. The van der Waals surface area contributed by atoms with Crippen LogP contribution in [0.1, 0.15) is 6.92 Å². The molecule has 2 rings (SSSR count). The van der Waals surface area contributed by atoms with Gasteiger partial charge in [-0.25, -0.2) is 0 Å². The molecule has 0 fully saturated rings. The smallest absolute Gasteiger partial charge is 0.257 e. The van der Waals surface area contributed by atoms with Crippen LogP contribution < -0.4 is 24.8 Å². The lowest BCUT2D eigenvalue weighted by atomic mass is 10.3. The minimum absolute atomic E-state index is 0.0199. The zero-order valence-electron chi connectivity index (χ0n) is 16.3. The van der Waals surface area contributed by atoms with E-state index in [9.17, 15) is 9.90 Å². The Balaban J connectivity index is 1.62. The predicted molar refractivity (Wildman–Crippen MR) is 107 cm³/mol. The molecule has 0 spiro atoms. The molecule has 152 valence electrons. The Morgan fingerprint density at radius 1 is 0.929 bits per heavy atom. The standard InChI is InChI=1S/C21H28N2O5/c1-16(23-12-17(24)14-27-18-6-4-3-5-7-18)13-26-19-8-10-20(11-9-19)28-15-21(25)22-2/h3-11,16-17,23-24H,12-15H2,1-2H3,(H,22,25). The molecule has 0 aliphatic carbocycles. The first-order valence-corrected chi connectivity index (χ1v) is 9.22. The topological polar surface area (TPSA) is 89.1 Å². The number of hydrogen-bond acceptors (Lipinski definition) is 6. The Morgan fingerprint density at radius 3 is 2.14 bits per heavy atom. The molecule has 2 aromatic carbocycles. The first kappa shape index (κ1) is 21.5. The van der Waals surface area contributed by atoms with E-state index in [1.165, 1.54) is 0 Å². The van der Waals surface area contributed by atoms with Gasteiger partial charge in [0.05, 0.1) is 0 Å². The van der Waals surface area contributed by atoms with E-state index in [0.717, 1.165) is 5.75 Å². The van der Waals surface area contributed by atoms with Crippen molar-refractivity contribution in [1.29, 1.82) is 0 Å².